The van der Waals surface area contributed by atoms with Crippen molar-refractivity contribution in [1.29, 1.82) is 0 Å². The van der Waals surface area contributed by atoms with Crippen molar-refractivity contribution in [2.45, 2.75) is 76.3 Å². The lowest BCUT2D eigenvalue weighted by Crippen LogP contribution is -2.46. The highest BCUT2D eigenvalue weighted by Crippen LogP contribution is 2.50. The van der Waals surface area contributed by atoms with Gasteiger partial charge in [0.2, 0.25) is 11.7 Å². The first-order chi connectivity index (χ1) is 27.9. The molecule has 14 nitrogen and oxygen atoms in total. The highest BCUT2D eigenvalue weighted by atomic mass is 19.2. The van der Waals surface area contributed by atoms with Crippen LogP contribution >= 0.6 is 0 Å². The zero-order valence-electron chi connectivity index (χ0n) is 32.1. The second-order valence-corrected chi connectivity index (χ2v) is 16.0. The number of carbonyl (C=O) groups is 2. The third-order valence-electron chi connectivity index (χ3n) is 12.2. The van der Waals surface area contributed by atoms with Crippen molar-refractivity contribution in [1.82, 2.24) is 38.9 Å². The second kappa shape index (κ2) is 14.6. The van der Waals surface area contributed by atoms with Crippen LogP contribution in [-0.4, -0.2) is 95.2 Å². The molecule has 2 aliphatic heterocycles. The molecule has 0 bridgehead atoms. The number of rotatable bonds is 8. The number of morpholine rings is 1. The molecule has 0 radical (unpaired) electrons. The third-order valence-corrected chi connectivity index (χ3v) is 12.2. The van der Waals surface area contributed by atoms with Gasteiger partial charge in [-0.2, -0.15) is 9.50 Å². The maximum absolute atomic E-state index is 15.9. The smallest absolute Gasteiger partial charge is 0.279 e. The van der Waals surface area contributed by atoms with E-state index in [0.717, 1.165) is 22.9 Å². The van der Waals surface area contributed by atoms with Crippen LogP contribution in [0.3, 0.4) is 0 Å². The molecule has 302 valence electrons. The van der Waals surface area contributed by atoms with Crippen LogP contribution in [0.1, 0.15) is 89.4 Å². The summed E-state index contributed by atoms with van der Waals surface area (Å²) < 4.78 is 54.7. The van der Waals surface area contributed by atoms with Crippen molar-refractivity contribution < 1.29 is 32.6 Å². The van der Waals surface area contributed by atoms with Crippen molar-refractivity contribution in [3.63, 3.8) is 0 Å². The average Bonchev–Trinajstić information content (AvgIpc) is 3.90. The zero-order valence-corrected chi connectivity index (χ0v) is 32.1. The number of fused-ring (bicyclic) bond motifs is 3. The number of benzene rings is 2. The van der Waals surface area contributed by atoms with Gasteiger partial charge in [0, 0.05) is 55.0 Å². The fourth-order valence-electron chi connectivity index (χ4n) is 9.02. The summed E-state index contributed by atoms with van der Waals surface area (Å²) >= 11 is 0. The van der Waals surface area contributed by atoms with Crippen molar-refractivity contribution in [2.75, 3.05) is 44.7 Å². The average molecular weight is 798 g/mol. The van der Waals surface area contributed by atoms with Gasteiger partial charge in [-0.05, 0) is 74.6 Å². The summed E-state index contributed by atoms with van der Waals surface area (Å²) in [6, 6.07) is 7.64. The Bertz CT molecular complexity index is 2540. The van der Waals surface area contributed by atoms with E-state index < -0.39 is 40.2 Å². The standard InChI is InChI=1S/C41H42F3N9O5/c1-22-18-41(9-11-51(12-10-41)39(57)34-36(55)23(2)45-21-46-34)31-35(22)52(20-30(54)47-29-8-6-25(17-28(29)42)24-3-4-24)40-48-37(49-53(40)38(31)56)27-7-5-26(32(43)33(27)44)19-50-13-15-58-16-14-50/h5-8,17,21-22,24,55H,3-4,9-16,18-20H2,1-2H3,(H,47,54). The lowest BCUT2D eigenvalue weighted by Gasteiger charge is -2.39. The van der Waals surface area contributed by atoms with E-state index in [1.165, 1.54) is 30.6 Å². The summed E-state index contributed by atoms with van der Waals surface area (Å²) in [6.07, 6.45) is 4.47. The lowest BCUT2D eigenvalue weighted by atomic mass is 9.73. The Morgan fingerprint density at radius 2 is 1.78 bits per heavy atom. The van der Waals surface area contributed by atoms with Crippen LogP contribution in [0, 0.1) is 24.4 Å². The topological polar surface area (TPSA) is 160 Å². The summed E-state index contributed by atoms with van der Waals surface area (Å²) in [4.78, 5) is 58.1. The molecule has 2 N–H and O–H groups in total. The third kappa shape index (κ3) is 6.59. The fourth-order valence-corrected chi connectivity index (χ4v) is 9.02. The number of hydrogen-bond donors (Lipinski definition) is 2. The molecule has 1 spiro atoms. The number of carbonyl (C=O) groups excluding carboxylic acids is 2. The molecule has 2 aromatic carbocycles. The Balaban J connectivity index is 1.09. The first-order valence-corrected chi connectivity index (χ1v) is 19.6. The highest BCUT2D eigenvalue weighted by Gasteiger charge is 2.49. The molecule has 9 rings (SSSR count). The van der Waals surface area contributed by atoms with Gasteiger partial charge in [0.15, 0.2) is 28.9 Å². The SMILES string of the molecule is Cc1ncnc(C(=O)N2CCC3(CC2)CC(C)c2c3c(=O)n3nc(-c4ccc(CN5CCOCC5)c(F)c4F)nc3n2CC(=O)Nc2ccc(C3CC3)cc2F)c1O. The number of piperidine rings is 1. The number of halogens is 3. The number of nitrogens with zero attached hydrogens (tertiary/aromatic N) is 8. The Labute approximate surface area is 330 Å². The van der Waals surface area contributed by atoms with Crippen LogP contribution in [0.15, 0.2) is 41.5 Å². The molecule has 4 aliphatic rings. The van der Waals surface area contributed by atoms with Gasteiger partial charge >= 0.3 is 0 Å². The summed E-state index contributed by atoms with van der Waals surface area (Å²) in [5, 5.41) is 17.6. The number of aromatic nitrogens is 6. The number of hydrogen-bond acceptors (Lipinski definition) is 10. The fraction of sp³-hybridized carbons (Fsp3) is 0.439. The van der Waals surface area contributed by atoms with Crippen LogP contribution in [0.2, 0.25) is 0 Å². The summed E-state index contributed by atoms with van der Waals surface area (Å²) in [6.45, 7) is 5.95. The molecule has 2 saturated heterocycles. The van der Waals surface area contributed by atoms with E-state index >= 15 is 13.2 Å². The lowest BCUT2D eigenvalue weighted by molar-refractivity contribution is -0.116. The molecule has 1 atom stereocenters. The van der Waals surface area contributed by atoms with Gasteiger partial charge in [0.05, 0.1) is 30.2 Å². The number of anilines is 1. The highest BCUT2D eigenvalue weighted by molar-refractivity contribution is 5.95. The molecule has 1 saturated carbocycles. The Hall–Kier alpha value is -5.68. The predicted octanol–water partition coefficient (Wildman–Crippen LogP) is 4.81. The van der Waals surface area contributed by atoms with Crippen molar-refractivity contribution >= 4 is 23.3 Å². The van der Waals surface area contributed by atoms with Gasteiger partial charge in [-0.3, -0.25) is 19.3 Å². The molecule has 17 heteroatoms. The van der Waals surface area contributed by atoms with Gasteiger partial charge in [-0.15, -0.1) is 5.10 Å². The minimum Gasteiger partial charge on any atom is -0.504 e. The molecule has 3 fully saturated rings. The minimum absolute atomic E-state index is 0.00598. The van der Waals surface area contributed by atoms with E-state index in [1.807, 2.05) is 11.8 Å². The number of likely N-dealkylation sites (tertiary alicyclic amines) is 1. The van der Waals surface area contributed by atoms with E-state index in [4.69, 9.17) is 4.74 Å². The maximum atomic E-state index is 15.9. The second-order valence-electron chi connectivity index (χ2n) is 16.0. The van der Waals surface area contributed by atoms with Crippen LogP contribution in [0.4, 0.5) is 18.9 Å². The van der Waals surface area contributed by atoms with Gasteiger partial charge < -0.3 is 24.6 Å². The van der Waals surface area contributed by atoms with E-state index in [9.17, 15) is 19.5 Å². The first kappa shape index (κ1) is 37.9. The molecule has 5 heterocycles. The Morgan fingerprint density at radius 3 is 2.50 bits per heavy atom. The van der Waals surface area contributed by atoms with Crippen molar-refractivity contribution in [2.24, 2.45) is 0 Å². The van der Waals surface area contributed by atoms with Crippen LogP contribution in [0.5, 0.6) is 5.75 Å². The van der Waals surface area contributed by atoms with Crippen LogP contribution < -0.4 is 10.9 Å². The molecule has 3 aromatic heterocycles. The maximum Gasteiger partial charge on any atom is 0.279 e. The summed E-state index contributed by atoms with van der Waals surface area (Å²) in [7, 11) is 0. The minimum atomic E-state index is -1.16. The van der Waals surface area contributed by atoms with E-state index in [2.05, 4.69) is 25.4 Å². The number of ether oxygens (including phenoxy) is 1. The number of aromatic hydroxyl groups is 1. The quantitative estimate of drug-likeness (QED) is 0.223. The van der Waals surface area contributed by atoms with Crippen LogP contribution in [0.25, 0.3) is 17.2 Å². The molecular weight excluding hydrogens is 756 g/mol. The normalized spacial score (nSPS) is 19.2. The number of amides is 2. The van der Waals surface area contributed by atoms with Gasteiger partial charge in [0.25, 0.3) is 11.5 Å². The molecule has 2 amide bonds. The molecular formula is C41H42F3N9O5. The number of aryl methyl sites for hydroxylation is 1. The summed E-state index contributed by atoms with van der Waals surface area (Å²) in [5.74, 6) is -4.37. The molecule has 5 aromatic rings. The van der Waals surface area contributed by atoms with Crippen molar-refractivity contribution in [3.05, 3.63) is 98.2 Å². The van der Waals surface area contributed by atoms with E-state index in [1.54, 1.807) is 22.5 Å². The van der Waals surface area contributed by atoms with Gasteiger partial charge in [-0.25, -0.2) is 23.1 Å². The van der Waals surface area contributed by atoms with E-state index in [-0.39, 0.29) is 77.7 Å². The Morgan fingerprint density at radius 1 is 1.02 bits per heavy atom. The Kier molecular flexibility index (Phi) is 9.54. The first-order valence-electron chi connectivity index (χ1n) is 19.6. The molecule has 1 unspecified atom stereocenters. The van der Waals surface area contributed by atoms with Gasteiger partial charge in [0.1, 0.15) is 18.7 Å². The number of nitrogens with one attached hydrogen (secondary N) is 1. The van der Waals surface area contributed by atoms with Gasteiger partial charge in [-0.1, -0.05) is 19.1 Å². The predicted molar refractivity (Wildman–Crippen MR) is 204 cm³/mol. The van der Waals surface area contributed by atoms with Crippen LogP contribution in [-0.2, 0) is 28.0 Å². The summed E-state index contributed by atoms with van der Waals surface area (Å²) in [5.41, 5.74) is 0.633. The van der Waals surface area contributed by atoms with E-state index in [0.29, 0.717) is 62.7 Å². The molecule has 58 heavy (non-hydrogen) atoms. The molecule has 2 aliphatic carbocycles. The van der Waals surface area contributed by atoms with Crippen molar-refractivity contribution in [3.8, 4) is 17.1 Å². The monoisotopic (exact) mass is 797 g/mol. The zero-order chi connectivity index (χ0) is 40.5. The largest absolute Gasteiger partial charge is 0.504 e.